The summed E-state index contributed by atoms with van der Waals surface area (Å²) < 4.78 is 33.1. The number of nitrogens with zero attached hydrogens (tertiary/aromatic N) is 4. The van der Waals surface area contributed by atoms with Crippen LogP contribution in [0.15, 0.2) is 47.8 Å². The van der Waals surface area contributed by atoms with Crippen molar-refractivity contribution in [1.29, 1.82) is 0 Å². The highest BCUT2D eigenvalue weighted by Gasteiger charge is 2.24. The molecular formula is C19H23N5O3S. The van der Waals surface area contributed by atoms with Gasteiger partial charge in [0.2, 0.25) is 0 Å². The van der Waals surface area contributed by atoms with E-state index in [-0.39, 0.29) is 10.9 Å². The molecule has 2 aromatic heterocycles. The average Bonchev–Trinajstić information content (AvgIpc) is 2.95. The fourth-order valence-electron chi connectivity index (χ4n) is 3.33. The Kier molecular flexibility index (Phi) is 5.05. The van der Waals surface area contributed by atoms with Crippen molar-refractivity contribution < 1.29 is 13.2 Å². The van der Waals surface area contributed by atoms with E-state index < -0.39 is 10.0 Å². The maximum absolute atomic E-state index is 13.1. The van der Waals surface area contributed by atoms with Gasteiger partial charge in [0.15, 0.2) is 5.65 Å². The molecule has 1 atom stereocenters. The van der Waals surface area contributed by atoms with Gasteiger partial charge in [0.1, 0.15) is 12.1 Å². The molecule has 0 amide bonds. The highest BCUT2D eigenvalue weighted by molar-refractivity contribution is 7.90. The van der Waals surface area contributed by atoms with Crippen LogP contribution in [0.5, 0.6) is 0 Å². The molecule has 1 aliphatic heterocycles. The summed E-state index contributed by atoms with van der Waals surface area (Å²) in [6.07, 6.45) is 2.94. The molecule has 28 heavy (non-hydrogen) atoms. The van der Waals surface area contributed by atoms with Crippen LogP contribution in [-0.4, -0.2) is 61.8 Å². The summed E-state index contributed by atoms with van der Waals surface area (Å²) in [6, 6.07) is 8.63. The molecule has 4 rings (SSSR count). The summed E-state index contributed by atoms with van der Waals surface area (Å²) >= 11 is 0. The molecule has 1 aromatic carbocycles. The number of rotatable bonds is 4. The lowest BCUT2D eigenvalue weighted by atomic mass is 10.2. The van der Waals surface area contributed by atoms with Crippen molar-refractivity contribution in [2.24, 2.45) is 0 Å². The van der Waals surface area contributed by atoms with Gasteiger partial charge in [-0.1, -0.05) is 17.7 Å². The van der Waals surface area contributed by atoms with Crippen LogP contribution in [0.3, 0.4) is 0 Å². The van der Waals surface area contributed by atoms with Crippen LogP contribution in [0.1, 0.15) is 5.56 Å². The Morgan fingerprint density at radius 3 is 2.79 bits per heavy atom. The van der Waals surface area contributed by atoms with Gasteiger partial charge in [0.25, 0.3) is 10.0 Å². The van der Waals surface area contributed by atoms with Gasteiger partial charge in [0, 0.05) is 26.3 Å². The van der Waals surface area contributed by atoms with Crippen LogP contribution in [0.2, 0.25) is 0 Å². The number of fused-ring (bicyclic) bond motifs is 1. The summed E-state index contributed by atoms with van der Waals surface area (Å²) in [4.78, 5) is 10.9. The lowest BCUT2D eigenvalue weighted by molar-refractivity contribution is 0.141. The SMILES string of the molecule is Cc1ccc(S(=O)(=O)n2ccc3c(N(C)[C@@H]4CNCCOC4)ncnc32)cc1. The van der Waals surface area contributed by atoms with E-state index in [1.807, 2.05) is 18.9 Å². The van der Waals surface area contributed by atoms with E-state index in [1.165, 1.54) is 16.5 Å². The highest BCUT2D eigenvalue weighted by atomic mass is 32.2. The molecule has 8 nitrogen and oxygen atoms in total. The molecule has 3 heterocycles. The zero-order valence-electron chi connectivity index (χ0n) is 15.9. The number of likely N-dealkylation sites (N-methyl/N-ethyl adjacent to an activating group) is 1. The minimum absolute atomic E-state index is 0.0951. The Morgan fingerprint density at radius 1 is 1.21 bits per heavy atom. The van der Waals surface area contributed by atoms with Crippen molar-refractivity contribution in [1.82, 2.24) is 19.3 Å². The summed E-state index contributed by atoms with van der Waals surface area (Å²) in [7, 11) is -1.80. The maximum atomic E-state index is 13.1. The second-order valence-corrected chi connectivity index (χ2v) is 8.72. The molecule has 0 bridgehead atoms. The van der Waals surface area contributed by atoms with E-state index in [4.69, 9.17) is 4.74 Å². The second kappa shape index (κ2) is 7.50. The van der Waals surface area contributed by atoms with Gasteiger partial charge >= 0.3 is 0 Å². The molecule has 0 saturated carbocycles. The van der Waals surface area contributed by atoms with Gasteiger partial charge in [-0.3, -0.25) is 0 Å². The van der Waals surface area contributed by atoms with E-state index in [0.717, 1.165) is 18.7 Å². The van der Waals surface area contributed by atoms with E-state index in [0.29, 0.717) is 30.1 Å². The number of aromatic nitrogens is 3. The van der Waals surface area contributed by atoms with Crippen LogP contribution < -0.4 is 10.2 Å². The Morgan fingerprint density at radius 2 is 2.00 bits per heavy atom. The van der Waals surface area contributed by atoms with Crippen LogP contribution in [-0.2, 0) is 14.8 Å². The number of nitrogens with one attached hydrogen (secondary N) is 1. The Labute approximate surface area is 164 Å². The standard InChI is InChI=1S/C19H23N5O3S/c1-14-3-5-16(6-4-14)28(25,26)24-9-7-17-18(21-13-22-19(17)24)23(2)15-11-20-8-10-27-12-15/h3-7,9,13,15,20H,8,10-12H2,1-2H3/t15-/m1/s1. The number of benzene rings is 1. The van der Waals surface area contributed by atoms with Crippen LogP contribution in [0, 0.1) is 6.92 Å². The molecule has 0 unspecified atom stereocenters. The summed E-state index contributed by atoms with van der Waals surface area (Å²) in [5, 5.41) is 4.03. The third-order valence-corrected chi connectivity index (χ3v) is 6.68. The van der Waals surface area contributed by atoms with Crippen LogP contribution >= 0.6 is 0 Å². The van der Waals surface area contributed by atoms with E-state index in [1.54, 1.807) is 30.3 Å². The predicted molar refractivity (Wildman–Crippen MR) is 107 cm³/mol. The third kappa shape index (κ3) is 3.36. The van der Waals surface area contributed by atoms with Crippen molar-refractivity contribution in [3.63, 3.8) is 0 Å². The molecule has 1 N–H and O–H groups in total. The molecule has 1 aliphatic rings. The molecule has 0 aliphatic carbocycles. The predicted octanol–water partition coefficient (Wildman–Crippen LogP) is 1.40. The first-order valence-electron chi connectivity index (χ1n) is 9.14. The molecule has 148 valence electrons. The average molecular weight is 401 g/mol. The van der Waals surface area contributed by atoms with Crippen molar-refractivity contribution in [2.45, 2.75) is 17.9 Å². The van der Waals surface area contributed by atoms with Crippen molar-refractivity contribution in [3.05, 3.63) is 48.4 Å². The van der Waals surface area contributed by atoms with E-state index in [2.05, 4.69) is 15.3 Å². The minimum atomic E-state index is -3.74. The molecule has 9 heteroatoms. The zero-order valence-corrected chi connectivity index (χ0v) is 16.7. The summed E-state index contributed by atoms with van der Waals surface area (Å²) in [5.41, 5.74) is 1.36. The monoisotopic (exact) mass is 401 g/mol. The van der Waals surface area contributed by atoms with Crippen LogP contribution in [0.4, 0.5) is 5.82 Å². The first kappa shape index (κ1) is 18.9. The maximum Gasteiger partial charge on any atom is 0.269 e. The quantitative estimate of drug-likeness (QED) is 0.707. The minimum Gasteiger partial charge on any atom is -0.378 e. The molecule has 0 spiro atoms. The van der Waals surface area contributed by atoms with Gasteiger partial charge in [-0.25, -0.2) is 22.4 Å². The number of anilines is 1. The Hall–Kier alpha value is -2.49. The molecule has 3 aromatic rings. The number of aryl methyl sites for hydroxylation is 1. The lowest BCUT2D eigenvalue weighted by Gasteiger charge is -2.27. The molecular weight excluding hydrogens is 378 g/mol. The van der Waals surface area contributed by atoms with E-state index in [9.17, 15) is 8.42 Å². The van der Waals surface area contributed by atoms with Crippen molar-refractivity contribution in [3.8, 4) is 0 Å². The largest absolute Gasteiger partial charge is 0.378 e. The lowest BCUT2D eigenvalue weighted by Crippen LogP contribution is -2.42. The van der Waals surface area contributed by atoms with Gasteiger partial charge in [-0.15, -0.1) is 0 Å². The highest BCUT2D eigenvalue weighted by Crippen LogP contribution is 2.27. The fraction of sp³-hybridized carbons (Fsp3) is 0.368. The first-order valence-corrected chi connectivity index (χ1v) is 10.6. The van der Waals surface area contributed by atoms with Gasteiger partial charge in [0.05, 0.1) is 29.5 Å². The topological polar surface area (TPSA) is 89.4 Å². The number of ether oxygens (including phenoxy) is 1. The van der Waals surface area contributed by atoms with Crippen molar-refractivity contribution in [2.75, 3.05) is 38.3 Å². The summed E-state index contributed by atoms with van der Waals surface area (Å²) in [6.45, 7) is 4.76. The Balaban J connectivity index is 1.75. The fourth-order valence-corrected chi connectivity index (χ4v) is 4.63. The number of hydrogen-bond acceptors (Lipinski definition) is 7. The van der Waals surface area contributed by atoms with Gasteiger partial charge in [-0.05, 0) is 25.1 Å². The van der Waals surface area contributed by atoms with Gasteiger partial charge in [-0.2, -0.15) is 0 Å². The number of hydrogen-bond donors (Lipinski definition) is 1. The van der Waals surface area contributed by atoms with Crippen LogP contribution in [0.25, 0.3) is 11.0 Å². The molecule has 0 radical (unpaired) electrons. The first-order chi connectivity index (χ1) is 13.5. The smallest absolute Gasteiger partial charge is 0.269 e. The molecule has 1 saturated heterocycles. The second-order valence-electron chi connectivity index (χ2n) is 6.91. The molecule has 1 fully saturated rings. The third-order valence-electron chi connectivity index (χ3n) is 5.00. The summed E-state index contributed by atoms with van der Waals surface area (Å²) in [5.74, 6) is 0.681. The Bertz CT molecular complexity index is 1070. The normalized spacial score (nSPS) is 18.1. The van der Waals surface area contributed by atoms with Gasteiger partial charge < -0.3 is 15.0 Å². The van der Waals surface area contributed by atoms with Crippen molar-refractivity contribution >= 4 is 26.9 Å². The zero-order chi connectivity index (χ0) is 19.7. The van der Waals surface area contributed by atoms with E-state index >= 15 is 0 Å².